The number of halogens is 1. The maximum Gasteiger partial charge on any atom is 0.270 e. The zero-order valence-corrected chi connectivity index (χ0v) is 17.3. The Hall–Kier alpha value is -3.36. The van der Waals surface area contributed by atoms with Crippen LogP contribution in [0, 0.1) is 10.1 Å². The quantitative estimate of drug-likeness (QED) is 0.300. The van der Waals surface area contributed by atoms with Crippen LogP contribution in [-0.2, 0) is 0 Å². The third-order valence-electron chi connectivity index (χ3n) is 4.18. The van der Waals surface area contributed by atoms with Crippen molar-refractivity contribution in [3.63, 3.8) is 0 Å². The van der Waals surface area contributed by atoms with E-state index in [1.54, 1.807) is 48.2 Å². The van der Waals surface area contributed by atoms with Crippen LogP contribution in [0.25, 0.3) is 0 Å². The lowest BCUT2D eigenvalue weighted by atomic mass is 10.1. The molecule has 0 aliphatic heterocycles. The van der Waals surface area contributed by atoms with Crippen LogP contribution in [0.15, 0.2) is 71.6 Å². The molecular weight excluding hydrogens is 426 g/mol. The molecule has 2 N–H and O–H groups in total. The van der Waals surface area contributed by atoms with E-state index in [0.29, 0.717) is 5.69 Å². The normalized spacial score (nSPS) is 10.3. The Bertz CT molecular complexity index is 1120. The highest BCUT2D eigenvalue weighted by Gasteiger charge is 2.18. The smallest absolute Gasteiger partial charge is 0.270 e. The van der Waals surface area contributed by atoms with Gasteiger partial charge >= 0.3 is 0 Å². The van der Waals surface area contributed by atoms with Crippen molar-refractivity contribution in [2.75, 3.05) is 16.9 Å². The second-order valence-corrected chi connectivity index (χ2v) is 7.39. The van der Waals surface area contributed by atoms with Gasteiger partial charge in [-0.1, -0.05) is 23.7 Å². The number of benzene rings is 3. The molecule has 0 aliphatic carbocycles. The molecule has 0 saturated heterocycles. The molecule has 0 unspecified atom stereocenters. The van der Waals surface area contributed by atoms with Crippen LogP contribution in [0.5, 0.6) is 0 Å². The summed E-state index contributed by atoms with van der Waals surface area (Å²) in [5.74, 6) is -0.975. The van der Waals surface area contributed by atoms with E-state index in [2.05, 4.69) is 10.6 Å². The third-order valence-corrected chi connectivity index (χ3v) is 5.23. The maximum atomic E-state index is 12.7. The Morgan fingerprint density at radius 3 is 2.23 bits per heavy atom. The summed E-state index contributed by atoms with van der Waals surface area (Å²) in [5, 5.41) is 16.2. The molecule has 152 valence electrons. The molecule has 2 amide bonds. The number of para-hydroxylation sites is 1. The first kappa shape index (κ1) is 21.4. The fourth-order valence-electron chi connectivity index (χ4n) is 2.65. The molecule has 0 spiro atoms. The highest BCUT2D eigenvalue weighted by atomic mass is 35.5. The van der Waals surface area contributed by atoms with Crippen LogP contribution in [0.2, 0.25) is 5.02 Å². The summed E-state index contributed by atoms with van der Waals surface area (Å²) < 4.78 is 0. The first-order chi connectivity index (χ1) is 14.4. The second kappa shape index (κ2) is 9.43. The maximum absolute atomic E-state index is 12.7. The van der Waals surface area contributed by atoms with Crippen molar-refractivity contribution in [3.8, 4) is 0 Å². The van der Waals surface area contributed by atoms with Crippen molar-refractivity contribution in [3.05, 3.63) is 93.0 Å². The summed E-state index contributed by atoms with van der Waals surface area (Å²) in [6, 6.07) is 17.5. The topological polar surface area (TPSA) is 101 Å². The van der Waals surface area contributed by atoms with Crippen molar-refractivity contribution in [2.24, 2.45) is 0 Å². The summed E-state index contributed by atoms with van der Waals surface area (Å²) in [4.78, 5) is 36.6. The van der Waals surface area contributed by atoms with Crippen molar-refractivity contribution >= 4 is 52.2 Å². The molecule has 0 heterocycles. The summed E-state index contributed by atoms with van der Waals surface area (Å²) in [6.45, 7) is 0. The summed E-state index contributed by atoms with van der Waals surface area (Å²) >= 11 is 7.62. The van der Waals surface area contributed by atoms with E-state index in [0.717, 1.165) is 11.0 Å². The van der Waals surface area contributed by atoms with Crippen LogP contribution in [0.3, 0.4) is 0 Å². The van der Waals surface area contributed by atoms with E-state index in [1.807, 2.05) is 18.4 Å². The van der Waals surface area contributed by atoms with Gasteiger partial charge in [0, 0.05) is 22.7 Å². The molecule has 3 aromatic carbocycles. The number of thioether (sulfide) groups is 1. The van der Waals surface area contributed by atoms with E-state index in [1.165, 1.54) is 12.1 Å². The first-order valence-electron chi connectivity index (χ1n) is 8.69. The standard InChI is InChI=1S/C21H16ClN3O4S/c1-30-15-9-6-13(7-10-15)23-21(27)17-4-2-3-5-19(17)24-20(26)16-11-8-14(25(28)29)12-18(16)22/h2-12H,1H3,(H,23,27)(H,24,26). The van der Waals surface area contributed by atoms with Gasteiger partial charge in [-0.2, -0.15) is 0 Å². The minimum Gasteiger partial charge on any atom is -0.322 e. The molecule has 0 aromatic heterocycles. The highest BCUT2D eigenvalue weighted by Crippen LogP contribution is 2.25. The van der Waals surface area contributed by atoms with Gasteiger partial charge in [-0.3, -0.25) is 19.7 Å². The number of nitro groups is 1. The van der Waals surface area contributed by atoms with Gasteiger partial charge in [0.1, 0.15) is 0 Å². The lowest BCUT2D eigenvalue weighted by molar-refractivity contribution is -0.384. The van der Waals surface area contributed by atoms with Gasteiger partial charge in [0.25, 0.3) is 17.5 Å². The number of hydrogen-bond acceptors (Lipinski definition) is 5. The molecular formula is C21H16ClN3O4S. The number of carbonyl (C=O) groups is 2. The van der Waals surface area contributed by atoms with E-state index in [9.17, 15) is 19.7 Å². The number of anilines is 2. The Kier molecular flexibility index (Phi) is 6.71. The molecule has 9 heteroatoms. The zero-order chi connectivity index (χ0) is 21.7. The van der Waals surface area contributed by atoms with Gasteiger partial charge in [-0.25, -0.2) is 0 Å². The summed E-state index contributed by atoms with van der Waals surface area (Å²) in [7, 11) is 0. The molecule has 3 aromatic rings. The Morgan fingerprint density at radius 2 is 1.60 bits per heavy atom. The van der Waals surface area contributed by atoms with Gasteiger partial charge < -0.3 is 10.6 Å². The van der Waals surface area contributed by atoms with Crippen LogP contribution in [0.4, 0.5) is 17.1 Å². The molecule has 0 saturated carbocycles. The van der Waals surface area contributed by atoms with Gasteiger partial charge in [0.05, 0.1) is 26.8 Å². The average molecular weight is 442 g/mol. The van der Waals surface area contributed by atoms with E-state index in [-0.39, 0.29) is 27.5 Å². The van der Waals surface area contributed by atoms with Crippen LogP contribution in [-0.4, -0.2) is 23.0 Å². The Labute approximate surface area is 181 Å². The molecule has 0 atom stereocenters. The first-order valence-corrected chi connectivity index (χ1v) is 10.3. The SMILES string of the molecule is CSc1ccc(NC(=O)c2ccccc2NC(=O)c2ccc([N+](=O)[O-])cc2Cl)cc1. The van der Waals surface area contributed by atoms with Crippen molar-refractivity contribution in [1.82, 2.24) is 0 Å². The minimum atomic E-state index is -0.598. The highest BCUT2D eigenvalue weighted by molar-refractivity contribution is 7.98. The predicted octanol–water partition coefficient (Wildman–Crippen LogP) is 5.47. The number of non-ortho nitro benzene ring substituents is 1. The fourth-order valence-corrected chi connectivity index (χ4v) is 3.32. The average Bonchev–Trinajstić information content (AvgIpc) is 2.74. The molecule has 0 bridgehead atoms. The fraction of sp³-hybridized carbons (Fsp3) is 0.0476. The lowest BCUT2D eigenvalue weighted by Crippen LogP contribution is -2.18. The number of rotatable bonds is 6. The Balaban J connectivity index is 1.80. The van der Waals surface area contributed by atoms with Crippen molar-refractivity contribution < 1.29 is 14.5 Å². The van der Waals surface area contributed by atoms with Crippen molar-refractivity contribution in [2.45, 2.75) is 4.90 Å². The largest absolute Gasteiger partial charge is 0.322 e. The molecule has 7 nitrogen and oxygen atoms in total. The zero-order valence-electron chi connectivity index (χ0n) is 15.7. The lowest BCUT2D eigenvalue weighted by Gasteiger charge is -2.12. The van der Waals surface area contributed by atoms with E-state index in [4.69, 9.17) is 11.6 Å². The molecule has 30 heavy (non-hydrogen) atoms. The molecule has 0 fully saturated rings. The minimum absolute atomic E-state index is 0.0579. The van der Waals surface area contributed by atoms with Gasteiger partial charge in [-0.15, -0.1) is 11.8 Å². The molecule has 3 rings (SSSR count). The number of hydrogen-bond donors (Lipinski definition) is 2. The predicted molar refractivity (Wildman–Crippen MR) is 119 cm³/mol. The third kappa shape index (κ3) is 4.97. The summed E-state index contributed by atoms with van der Waals surface area (Å²) in [5.41, 5.74) is 1.01. The van der Waals surface area contributed by atoms with E-state index >= 15 is 0 Å². The monoisotopic (exact) mass is 441 g/mol. The van der Waals surface area contributed by atoms with Crippen molar-refractivity contribution in [1.29, 1.82) is 0 Å². The molecule has 0 aliphatic rings. The number of amides is 2. The van der Waals surface area contributed by atoms with Gasteiger partial charge in [0.15, 0.2) is 0 Å². The number of carbonyl (C=O) groups excluding carboxylic acids is 2. The van der Waals surface area contributed by atoms with Crippen LogP contribution < -0.4 is 10.6 Å². The van der Waals surface area contributed by atoms with Gasteiger partial charge in [-0.05, 0) is 48.7 Å². The van der Waals surface area contributed by atoms with Crippen LogP contribution >= 0.6 is 23.4 Å². The van der Waals surface area contributed by atoms with Gasteiger partial charge in [0.2, 0.25) is 0 Å². The number of nitro benzene ring substituents is 1. The second-order valence-electron chi connectivity index (χ2n) is 6.10. The number of nitrogens with one attached hydrogen (secondary N) is 2. The summed E-state index contributed by atoms with van der Waals surface area (Å²) in [6.07, 6.45) is 1.96. The number of nitrogens with zero attached hydrogens (tertiary/aromatic N) is 1. The van der Waals surface area contributed by atoms with Crippen LogP contribution in [0.1, 0.15) is 20.7 Å². The van der Waals surface area contributed by atoms with E-state index < -0.39 is 16.7 Å². The molecule has 0 radical (unpaired) electrons. The Morgan fingerprint density at radius 1 is 0.933 bits per heavy atom.